The Morgan fingerprint density at radius 3 is 2.32 bits per heavy atom. The monoisotopic (exact) mass is 455 g/mol. The summed E-state index contributed by atoms with van der Waals surface area (Å²) in [5.74, 6) is 0. The summed E-state index contributed by atoms with van der Waals surface area (Å²) in [6, 6.07) is 16.7. The third kappa shape index (κ3) is 5.25. The van der Waals surface area contributed by atoms with Crippen LogP contribution >= 0.6 is 12.2 Å². The van der Waals surface area contributed by atoms with E-state index in [2.05, 4.69) is 15.4 Å². The standard InChI is InChI=1S/C22H21N3O4S2/c1-29-22(26)25-21(30)24-18-12-13-19(31(27,28)16-10-6-3-7-11-16)17(20(18)23)14-15-8-4-2-5-9-15/h2-13,18,23H,14H2,1H3,(H2,24,25,26,30). The molecule has 7 nitrogen and oxygen atoms in total. The van der Waals surface area contributed by atoms with E-state index in [9.17, 15) is 13.2 Å². The van der Waals surface area contributed by atoms with Gasteiger partial charge in [-0.15, -0.1) is 0 Å². The zero-order valence-electron chi connectivity index (χ0n) is 16.7. The third-order valence-corrected chi connectivity index (χ3v) is 6.70. The lowest BCUT2D eigenvalue weighted by molar-refractivity contribution is 0.176. The number of benzene rings is 2. The highest BCUT2D eigenvalue weighted by atomic mass is 32.2. The Balaban J connectivity index is 1.98. The normalized spacial score (nSPS) is 16.0. The first-order chi connectivity index (χ1) is 14.8. The Labute approximate surface area is 186 Å². The molecule has 31 heavy (non-hydrogen) atoms. The molecule has 3 rings (SSSR count). The second-order valence-electron chi connectivity index (χ2n) is 6.66. The summed E-state index contributed by atoms with van der Waals surface area (Å²) in [6.45, 7) is 0. The highest BCUT2D eigenvalue weighted by Gasteiger charge is 2.30. The summed E-state index contributed by atoms with van der Waals surface area (Å²) >= 11 is 5.09. The smallest absolute Gasteiger partial charge is 0.413 e. The number of carbonyl (C=O) groups excluding carboxylic acids is 1. The Bertz CT molecular complexity index is 1160. The summed E-state index contributed by atoms with van der Waals surface area (Å²) in [5.41, 5.74) is 1.28. The van der Waals surface area contributed by atoms with Crippen LogP contribution in [0.2, 0.25) is 0 Å². The van der Waals surface area contributed by atoms with Crippen LogP contribution in [0.4, 0.5) is 4.79 Å². The van der Waals surface area contributed by atoms with E-state index in [1.807, 2.05) is 30.3 Å². The van der Waals surface area contributed by atoms with E-state index in [0.29, 0.717) is 5.57 Å². The minimum atomic E-state index is -3.84. The molecule has 1 amide bonds. The van der Waals surface area contributed by atoms with Crippen molar-refractivity contribution in [3.8, 4) is 0 Å². The number of alkyl carbamates (subject to hydrolysis) is 1. The average Bonchev–Trinajstić information content (AvgIpc) is 2.77. The first kappa shape index (κ1) is 22.4. The Kier molecular flexibility index (Phi) is 6.98. The van der Waals surface area contributed by atoms with Crippen LogP contribution < -0.4 is 10.6 Å². The van der Waals surface area contributed by atoms with Crippen LogP contribution in [0.1, 0.15) is 5.56 Å². The highest BCUT2D eigenvalue weighted by molar-refractivity contribution is 7.95. The molecule has 3 N–H and O–H groups in total. The second kappa shape index (κ2) is 9.67. The van der Waals surface area contributed by atoms with E-state index < -0.39 is 22.0 Å². The number of hydrogen-bond acceptors (Lipinski definition) is 6. The molecule has 0 fully saturated rings. The predicted molar refractivity (Wildman–Crippen MR) is 123 cm³/mol. The third-order valence-electron chi connectivity index (χ3n) is 4.63. The molecule has 0 aliphatic heterocycles. The van der Waals surface area contributed by atoms with Gasteiger partial charge in [0, 0.05) is 6.42 Å². The molecule has 2 aromatic rings. The van der Waals surface area contributed by atoms with Crippen molar-refractivity contribution in [2.75, 3.05) is 7.11 Å². The van der Waals surface area contributed by atoms with Crippen LogP contribution in [0, 0.1) is 5.41 Å². The van der Waals surface area contributed by atoms with Crippen molar-refractivity contribution in [3.05, 3.63) is 88.9 Å². The van der Waals surface area contributed by atoms with Gasteiger partial charge in [0.2, 0.25) is 9.84 Å². The van der Waals surface area contributed by atoms with Gasteiger partial charge in [-0.3, -0.25) is 5.32 Å². The number of thiocarbonyl (C=S) groups is 1. The van der Waals surface area contributed by atoms with Crippen molar-refractivity contribution in [2.45, 2.75) is 17.4 Å². The molecule has 2 aromatic carbocycles. The van der Waals surface area contributed by atoms with Crippen molar-refractivity contribution in [1.29, 1.82) is 5.41 Å². The summed E-state index contributed by atoms with van der Waals surface area (Å²) in [5, 5.41) is 13.8. The van der Waals surface area contributed by atoms with Gasteiger partial charge in [-0.05, 0) is 41.6 Å². The fraction of sp³-hybridized carbons (Fsp3) is 0.136. The fourth-order valence-electron chi connectivity index (χ4n) is 3.10. The highest BCUT2D eigenvalue weighted by Crippen LogP contribution is 2.29. The van der Waals surface area contributed by atoms with E-state index in [4.69, 9.17) is 17.6 Å². The van der Waals surface area contributed by atoms with Gasteiger partial charge >= 0.3 is 6.09 Å². The lowest BCUT2D eigenvalue weighted by Gasteiger charge is -2.25. The fourth-order valence-corrected chi connectivity index (χ4v) is 4.85. The molecular weight excluding hydrogens is 434 g/mol. The molecular formula is C22H21N3O4S2. The van der Waals surface area contributed by atoms with Crippen LogP contribution in [0.3, 0.4) is 0 Å². The van der Waals surface area contributed by atoms with Crippen molar-refractivity contribution in [1.82, 2.24) is 10.6 Å². The quantitative estimate of drug-likeness (QED) is 0.598. The zero-order valence-corrected chi connectivity index (χ0v) is 18.3. The second-order valence-corrected chi connectivity index (χ2v) is 8.99. The van der Waals surface area contributed by atoms with Gasteiger partial charge in [0.25, 0.3) is 0 Å². The molecule has 0 radical (unpaired) electrons. The minimum Gasteiger partial charge on any atom is -0.453 e. The van der Waals surface area contributed by atoms with Gasteiger partial charge in [-0.25, -0.2) is 13.2 Å². The number of allylic oxidation sites excluding steroid dienone is 1. The first-order valence-electron chi connectivity index (χ1n) is 9.32. The van der Waals surface area contributed by atoms with Crippen molar-refractivity contribution in [3.63, 3.8) is 0 Å². The molecule has 1 atom stereocenters. The number of hydrogen-bond donors (Lipinski definition) is 3. The first-order valence-corrected chi connectivity index (χ1v) is 11.2. The number of nitrogens with one attached hydrogen (secondary N) is 3. The summed E-state index contributed by atoms with van der Waals surface area (Å²) in [7, 11) is -2.63. The maximum atomic E-state index is 13.3. The van der Waals surface area contributed by atoms with Crippen LogP contribution in [0.5, 0.6) is 0 Å². The molecule has 1 aliphatic rings. The van der Waals surface area contributed by atoms with Crippen molar-refractivity contribution >= 4 is 39.0 Å². The maximum absolute atomic E-state index is 13.3. The molecule has 160 valence electrons. The molecule has 0 bridgehead atoms. The molecule has 0 aromatic heterocycles. The summed E-state index contributed by atoms with van der Waals surface area (Å²) in [6.07, 6.45) is 2.53. The van der Waals surface area contributed by atoms with Gasteiger partial charge < -0.3 is 15.5 Å². The number of carbonyl (C=O) groups is 1. The number of amides is 1. The van der Waals surface area contributed by atoms with Crippen molar-refractivity contribution < 1.29 is 17.9 Å². The van der Waals surface area contributed by atoms with Crippen LogP contribution in [0.15, 0.2) is 88.2 Å². The van der Waals surface area contributed by atoms with Crippen LogP contribution in [-0.2, 0) is 21.0 Å². The molecule has 1 aliphatic carbocycles. The van der Waals surface area contributed by atoms with Gasteiger partial charge in [-0.2, -0.15) is 0 Å². The SMILES string of the molecule is COC(=O)NC(=S)NC1C=CC(S(=O)(=O)c2ccccc2)=C(Cc2ccccc2)C1=N. The van der Waals surface area contributed by atoms with Gasteiger partial charge in [0.05, 0.1) is 28.7 Å². The van der Waals surface area contributed by atoms with E-state index in [0.717, 1.165) is 5.56 Å². The van der Waals surface area contributed by atoms with Crippen LogP contribution in [0.25, 0.3) is 0 Å². The van der Waals surface area contributed by atoms with Crippen molar-refractivity contribution in [2.24, 2.45) is 0 Å². The Morgan fingerprint density at radius 1 is 1.10 bits per heavy atom. The molecule has 0 heterocycles. The topological polar surface area (TPSA) is 108 Å². The Morgan fingerprint density at radius 2 is 1.71 bits per heavy atom. The molecule has 0 spiro atoms. The van der Waals surface area contributed by atoms with Gasteiger partial charge in [0.15, 0.2) is 5.11 Å². The summed E-state index contributed by atoms with van der Waals surface area (Å²) in [4.78, 5) is 11.6. The van der Waals surface area contributed by atoms with Crippen LogP contribution in [-0.4, -0.2) is 38.5 Å². The van der Waals surface area contributed by atoms with E-state index >= 15 is 0 Å². The molecule has 9 heteroatoms. The molecule has 1 unspecified atom stereocenters. The van der Waals surface area contributed by atoms with Gasteiger partial charge in [0.1, 0.15) is 0 Å². The summed E-state index contributed by atoms with van der Waals surface area (Å²) < 4.78 is 31.2. The van der Waals surface area contributed by atoms with E-state index in [1.54, 1.807) is 18.2 Å². The average molecular weight is 456 g/mol. The largest absolute Gasteiger partial charge is 0.453 e. The number of methoxy groups -OCH3 is 1. The minimum absolute atomic E-state index is 0.0281. The lowest BCUT2D eigenvalue weighted by Crippen LogP contribution is -2.48. The van der Waals surface area contributed by atoms with Gasteiger partial charge in [-0.1, -0.05) is 54.6 Å². The molecule has 0 saturated heterocycles. The molecule has 0 saturated carbocycles. The van der Waals surface area contributed by atoms with E-state index in [-0.39, 0.29) is 27.0 Å². The lowest BCUT2D eigenvalue weighted by atomic mass is 9.92. The predicted octanol–water partition coefficient (Wildman–Crippen LogP) is 3.15. The Hall–Kier alpha value is -3.30. The number of sulfone groups is 1. The van der Waals surface area contributed by atoms with E-state index in [1.165, 1.54) is 31.4 Å². The zero-order chi connectivity index (χ0) is 22.4. The number of rotatable bonds is 5. The maximum Gasteiger partial charge on any atom is 0.413 e. The number of ether oxygens (including phenoxy) is 1.